The average Bonchev–Trinajstić information content (AvgIpc) is 2.96. The molecule has 0 saturated heterocycles. The van der Waals surface area contributed by atoms with Crippen molar-refractivity contribution in [3.8, 4) is 0 Å². The van der Waals surface area contributed by atoms with Crippen LogP contribution in [0.3, 0.4) is 0 Å². The molecule has 19 heavy (non-hydrogen) atoms. The number of hydrogen-bond acceptors (Lipinski definition) is 4. The van der Waals surface area contributed by atoms with Crippen LogP contribution >= 0.6 is 0 Å². The molecule has 0 spiro atoms. The van der Waals surface area contributed by atoms with E-state index in [4.69, 9.17) is 0 Å². The number of carbonyl (C=O) groups is 2. The second-order valence-electron chi connectivity index (χ2n) is 4.87. The lowest BCUT2D eigenvalue weighted by atomic mass is 10.0. The summed E-state index contributed by atoms with van der Waals surface area (Å²) in [7, 11) is 1.82. The van der Waals surface area contributed by atoms with Crippen molar-refractivity contribution in [1.82, 2.24) is 10.6 Å². The molecule has 0 aromatic carbocycles. The van der Waals surface area contributed by atoms with Gasteiger partial charge in [0.2, 0.25) is 5.91 Å². The molecule has 1 aliphatic heterocycles. The number of ketones is 1. The summed E-state index contributed by atoms with van der Waals surface area (Å²) in [5, 5.41) is 5.94. The molecular weight excluding hydrogens is 242 g/mol. The van der Waals surface area contributed by atoms with Crippen LogP contribution in [0.1, 0.15) is 45.4 Å². The van der Waals surface area contributed by atoms with E-state index in [9.17, 15) is 9.59 Å². The smallest absolute Gasteiger partial charge is 0.244 e. The zero-order valence-electron chi connectivity index (χ0n) is 11.9. The summed E-state index contributed by atoms with van der Waals surface area (Å²) in [6.45, 7) is 2.55. The fourth-order valence-corrected chi connectivity index (χ4v) is 2.22. The summed E-state index contributed by atoms with van der Waals surface area (Å²) in [4.78, 5) is 27.3. The van der Waals surface area contributed by atoms with Gasteiger partial charge in [-0.15, -0.1) is 0 Å². The van der Waals surface area contributed by atoms with Crippen LogP contribution in [0, 0.1) is 0 Å². The Hall–Kier alpha value is -1.23. The molecule has 1 heterocycles. The number of rotatable bonds is 9. The lowest BCUT2D eigenvalue weighted by Gasteiger charge is -2.14. The molecule has 2 unspecified atom stereocenters. The number of amides is 1. The summed E-state index contributed by atoms with van der Waals surface area (Å²) < 4.78 is 0. The average molecular weight is 267 g/mol. The Morgan fingerprint density at radius 3 is 2.79 bits per heavy atom. The maximum Gasteiger partial charge on any atom is 0.244 e. The van der Waals surface area contributed by atoms with Crippen LogP contribution in [-0.2, 0) is 9.59 Å². The van der Waals surface area contributed by atoms with Crippen molar-refractivity contribution in [2.24, 2.45) is 4.99 Å². The molecule has 0 aromatic heterocycles. The Morgan fingerprint density at radius 1 is 1.42 bits per heavy atom. The van der Waals surface area contributed by atoms with E-state index in [1.807, 2.05) is 20.2 Å². The molecule has 2 atom stereocenters. The highest BCUT2D eigenvalue weighted by Gasteiger charge is 2.18. The highest BCUT2D eigenvalue weighted by molar-refractivity contribution is 5.85. The van der Waals surface area contributed by atoms with Crippen molar-refractivity contribution in [1.29, 1.82) is 0 Å². The van der Waals surface area contributed by atoms with Gasteiger partial charge in [0.1, 0.15) is 11.8 Å². The van der Waals surface area contributed by atoms with E-state index in [2.05, 4.69) is 15.6 Å². The first-order valence-corrected chi connectivity index (χ1v) is 7.18. The number of Topliss-reactive ketones (excluding diaryl/α,β-unsaturated/α-hetero) is 1. The van der Waals surface area contributed by atoms with Crippen LogP contribution in [0.15, 0.2) is 4.99 Å². The predicted molar refractivity (Wildman–Crippen MR) is 76.5 cm³/mol. The summed E-state index contributed by atoms with van der Waals surface area (Å²) >= 11 is 0. The first-order chi connectivity index (χ1) is 9.19. The van der Waals surface area contributed by atoms with E-state index < -0.39 is 0 Å². The fraction of sp³-hybridized carbons (Fsp3) is 0.786. The minimum atomic E-state index is -0.174. The fourth-order valence-electron chi connectivity index (χ4n) is 2.22. The molecule has 2 N–H and O–H groups in total. The second-order valence-corrected chi connectivity index (χ2v) is 4.87. The summed E-state index contributed by atoms with van der Waals surface area (Å²) in [5.41, 5.74) is 0. The van der Waals surface area contributed by atoms with E-state index >= 15 is 0 Å². The van der Waals surface area contributed by atoms with Gasteiger partial charge in [-0.2, -0.15) is 0 Å². The third-order valence-electron chi connectivity index (χ3n) is 3.46. The predicted octanol–water partition coefficient (Wildman–Crippen LogP) is 1.07. The van der Waals surface area contributed by atoms with Crippen LogP contribution in [-0.4, -0.2) is 43.6 Å². The second kappa shape index (κ2) is 8.80. The SMILES string of the molecule is CCC(=O)C(CCCCNC(=O)C1CCC=N1)NC. The molecule has 0 aliphatic carbocycles. The minimum absolute atomic E-state index is 0.0311. The molecule has 0 radical (unpaired) electrons. The van der Waals surface area contributed by atoms with Crippen LogP contribution < -0.4 is 10.6 Å². The molecule has 5 heteroatoms. The third-order valence-corrected chi connectivity index (χ3v) is 3.46. The van der Waals surface area contributed by atoms with Gasteiger partial charge in [0.25, 0.3) is 0 Å². The summed E-state index contributed by atoms with van der Waals surface area (Å²) in [6.07, 6.45) is 6.79. The molecule has 1 aliphatic rings. The number of unbranched alkanes of at least 4 members (excludes halogenated alkanes) is 1. The van der Waals surface area contributed by atoms with E-state index in [1.54, 1.807) is 0 Å². The number of likely N-dealkylation sites (N-methyl/N-ethyl adjacent to an activating group) is 1. The number of nitrogens with one attached hydrogen (secondary N) is 2. The lowest BCUT2D eigenvalue weighted by Crippen LogP contribution is -2.34. The quantitative estimate of drug-likeness (QED) is 0.614. The van der Waals surface area contributed by atoms with Crippen LogP contribution in [0.5, 0.6) is 0 Å². The van der Waals surface area contributed by atoms with Crippen LogP contribution in [0.25, 0.3) is 0 Å². The Balaban J connectivity index is 2.08. The van der Waals surface area contributed by atoms with Crippen molar-refractivity contribution in [2.75, 3.05) is 13.6 Å². The molecule has 108 valence electrons. The molecular formula is C14H25N3O2. The van der Waals surface area contributed by atoms with Gasteiger partial charge >= 0.3 is 0 Å². The van der Waals surface area contributed by atoms with Gasteiger partial charge in [0.15, 0.2) is 0 Å². The third kappa shape index (κ3) is 5.51. The van der Waals surface area contributed by atoms with Gasteiger partial charge < -0.3 is 10.6 Å². The number of carbonyl (C=O) groups excluding carboxylic acids is 2. The number of aliphatic imine (C=N–C) groups is 1. The Bertz CT molecular complexity index is 329. The Morgan fingerprint density at radius 2 is 2.21 bits per heavy atom. The van der Waals surface area contributed by atoms with Crippen LogP contribution in [0.4, 0.5) is 0 Å². The highest BCUT2D eigenvalue weighted by Crippen LogP contribution is 2.08. The molecule has 0 bridgehead atoms. The van der Waals surface area contributed by atoms with E-state index in [-0.39, 0.29) is 23.8 Å². The van der Waals surface area contributed by atoms with Crippen LogP contribution in [0.2, 0.25) is 0 Å². The van der Waals surface area contributed by atoms with Crippen molar-refractivity contribution in [3.63, 3.8) is 0 Å². The van der Waals surface area contributed by atoms with Crippen molar-refractivity contribution < 1.29 is 9.59 Å². The zero-order valence-corrected chi connectivity index (χ0v) is 11.9. The monoisotopic (exact) mass is 267 g/mol. The van der Waals surface area contributed by atoms with Gasteiger partial charge in [-0.05, 0) is 45.4 Å². The number of hydrogen-bond donors (Lipinski definition) is 2. The zero-order chi connectivity index (χ0) is 14.1. The van der Waals surface area contributed by atoms with E-state index in [0.29, 0.717) is 13.0 Å². The molecule has 1 amide bonds. The van der Waals surface area contributed by atoms with Crippen molar-refractivity contribution in [2.45, 2.75) is 57.5 Å². The standard InChI is InChI=1S/C14H25N3O2/c1-3-13(18)11(15-2)7-4-5-9-17-14(19)12-8-6-10-16-12/h10-12,15H,3-9H2,1-2H3,(H,17,19). The topological polar surface area (TPSA) is 70.6 Å². The first-order valence-electron chi connectivity index (χ1n) is 7.18. The van der Waals surface area contributed by atoms with Gasteiger partial charge in [-0.1, -0.05) is 6.92 Å². The van der Waals surface area contributed by atoms with Gasteiger partial charge in [0, 0.05) is 13.0 Å². The largest absolute Gasteiger partial charge is 0.354 e. The van der Waals surface area contributed by atoms with E-state index in [0.717, 1.165) is 32.1 Å². The maximum absolute atomic E-state index is 11.7. The molecule has 0 saturated carbocycles. The first kappa shape index (κ1) is 15.8. The highest BCUT2D eigenvalue weighted by atomic mass is 16.2. The van der Waals surface area contributed by atoms with Gasteiger partial charge in [-0.3, -0.25) is 14.6 Å². The van der Waals surface area contributed by atoms with E-state index in [1.165, 1.54) is 0 Å². The van der Waals surface area contributed by atoms with Crippen molar-refractivity contribution in [3.05, 3.63) is 0 Å². The molecule has 0 fully saturated rings. The molecule has 1 rings (SSSR count). The Kier molecular flexibility index (Phi) is 7.33. The van der Waals surface area contributed by atoms with Gasteiger partial charge in [-0.25, -0.2) is 0 Å². The normalized spacial score (nSPS) is 19.4. The minimum Gasteiger partial charge on any atom is -0.354 e. The summed E-state index contributed by atoms with van der Waals surface area (Å²) in [5.74, 6) is 0.287. The maximum atomic E-state index is 11.7. The molecule has 0 aromatic rings. The Labute approximate surface area is 115 Å². The lowest BCUT2D eigenvalue weighted by molar-refractivity contribution is -0.122. The molecule has 5 nitrogen and oxygen atoms in total. The number of nitrogens with zero attached hydrogens (tertiary/aromatic N) is 1. The van der Waals surface area contributed by atoms with Gasteiger partial charge in [0.05, 0.1) is 6.04 Å². The summed E-state index contributed by atoms with van der Waals surface area (Å²) in [6, 6.07) is -0.216. The van der Waals surface area contributed by atoms with Crippen molar-refractivity contribution >= 4 is 17.9 Å².